The summed E-state index contributed by atoms with van der Waals surface area (Å²) >= 11 is 0. The van der Waals surface area contributed by atoms with Crippen molar-refractivity contribution < 1.29 is 18.7 Å². The van der Waals surface area contributed by atoms with Crippen LogP contribution in [0.1, 0.15) is 44.2 Å². The van der Waals surface area contributed by atoms with Gasteiger partial charge in [0.2, 0.25) is 0 Å². The number of carbonyl (C=O) groups is 1. The fourth-order valence-corrected chi connectivity index (χ4v) is 3.70. The quantitative estimate of drug-likeness (QED) is 0.150. The average molecular weight is 449 g/mol. The van der Waals surface area contributed by atoms with Crippen molar-refractivity contribution in [1.29, 1.82) is 0 Å². The average Bonchev–Trinajstić information content (AvgIpc) is 2.81. The van der Waals surface area contributed by atoms with Crippen LogP contribution in [-0.2, 0) is 16.0 Å². The van der Waals surface area contributed by atoms with Crippen LogP contribution >= 0.6 is 0 Å². The van der Waals surface area contributed by atoms with Gasteiger partial charge >= 0.3 is 11.6 Å². The van der Waals surface area contributed by atoms with E-state index >= 15 is 0 Å². The van der Waals surface area contributed by atoms with E-state index < -0.39 is 5.97 Å². The second kappa shape index (κ2) is 11.5. The van der Waals surface area contributed by atoms with E-state index in [1.165, 1.54) is 24.8 Å². The highest BCUT2D eigenvalue weighted by Gasteiger charge is 2.12. The van der Waals surface area contributed by atoms with Crippen molar-refractivity contribution in [3.8, 4) is 16.9 Å². The maximum absolute atomic E-state index is 12.8. The molecule has 0 N–H and O–H groups in total. The van der Waals surface area contributed by atoms with Crippen LogP contribution in [0, 0.1) is 12.8 Å². The minimum atomic E-state index is -0.452. The SMILES string of the molecule is C=CC(=O)OCC(C)COc1ccc2cc(-c3ccc(CCCCC)cc3C)c(=O)oc2c1. The summed E-state index contributed by atoms with van der Waals surface area (Å²) in [6.07, 6.45) is 5.79. The van der Waals surface area contributed by atoms with Crippen LogP contribution < -0.4 is 10.4 Å². The molecular formula is C28H32O5. The number of rotatable bonds is 11. The molecule has 1 heterocycles. The Kier molecular flexibility index (Phi) is 8.47. The van der Waals surface area contributed by atoms with Gasteiger partial charge in [-0.15, -0.1) is 0 Å². The van der Waals surface area contributed by atoms with Gasteiger partial charge in [0.05, 0.1) is 18.8 Å². The summed E-state index contributed by atoms with van der Waals surface area (Å²) in [5.74, 6) is 0.145. The first-order chi connectivity index (χ1) is 15.9. The van der Waals surface area contributed by atoms with Crippen molar-refractivity contribution in [2.24, 2.45) is 5.92 Å². The molecule has 5 heteroatoms. The van der Waals surface area contributed by atoms with Gasteiger partial charge in [0.1, 0.15) is 11.3 Å². The molecule has 0 saturated carbocycles. The molecule has 1 aromatic heterocycles. The Morgan fingerprint density at radius 1 is 1.09 bits per heavy atom. The molecular weight excluding hydrogens is 416 g/mol. The summed E-state index contributed by atoms with van der Waals surface area (Å²) < 4.78 is 16.5. The van der Waals surface area contributed by atoms with Crippen molar-refractivity contribution in [1.82, 2.24) is 0 Å². The van der Waals surface area contributed by atoms with E-state index in [0.717, 1.165) is 29.0 Å². The maximum Gasteiger partial charge on any atom is 0.344 e. The first kappa shape index (κ1) is 24.3. The lowest BCUT2D eigenvalue weighted by atomic mass is 9.97. The Labute approximate surface area is 195 Å². The van der Waals surface area contributed by atoms with E-state index in [-0.39, 0.29) is 18.2 Å². The first-order valence-corrected chi connectivity index (χ1v) is 11.5. The van der Waals surface area contributed by atoms with Gasteiger partial charge in [-0.3, -0.25) is 0 Å². The van der Waals surface area contributed by atoms with Gasteiger partial charge in [-0.2, -0.15) is 0 Å². The van der Waals surface area contributed by atoms with E-state index in [2.05, 4.69) is 25.6 Å². The van der Waals surface area contributed by atoms with E-state index in [0.29, 0.717) is 23.5 Å². The van der Waals surface area contributed by atoms with Crippen LogP contribution in [-0.4, -0.2) is 19.2 Å². The van der Waals surface area contributed by atoms with Crippen LogP contribution in [0.25, 0.3) is 22.1 Å². The molecule has 174 valence electrons. The summed E-state index contributed by atoms with van der Waals surface area (Å²) in [7, 11) is 0. The fourth-order valence-electron chi connectivity index (χ4n) is 3.70. The zero-order valence-electron chi connectivity index (χ0n) is 19.7. The lowest BCUT2D eigenvalue weighted by molar-refractivity contribution is -0.139. The fraction of sp³-hybridized carbons (Fsp3) is 0.357. The van der Waals surface area contributed by atoms with Crippen LogP contribution in [0.15, 0.2) is 64.3 Å². The second-order valence-electron chi connectivity index (χ2n) is 8.50. The normalized spacial score (nSPS) is 11.8. The number of fused-ring (bicyclic) bond motifs is 1. The molecule has 3 rings (SSSR count). The molecule has 1 unspecified atom stereocenters. The second-order valence-corrected chi connectivity index (χ2v) is 8.50. The molecule has 0 bridgehead atoms. The van der Waals surface area contributed by atoms with Gasteiger partial charge in [-0.25, -0.2) is 9.59 Å². The predicted molar refractivity (Wildman–Crippen MR) is 132 cm³/mol. The third-order valence-electron chi connectivity index (χ3n) is 5.57. The molecule has 5 nitrogen and oxygen atoms in total. The number of unbranched alkanes of at least 4 members (excludes halogenated alkanes) is 2. The third-order valence-corrected chi connectivity index (χ3v) is 5.57. The number of ether oxygens (including phenoxy) is 2. The molecule has 0 saturated heterocycles. The van der Waals surface area contributed by atoms with E-state index in [1.807, 2.05) is 38.1 Å². The molecule has 0 fully saturated rings. The molecule has 0 amide bonds. The van der Waals surface area contributed by atoms with E-state index in [1.54, 1.807) is 6.07 Å². The Morgan fingerprint density at radius 3 is 2.64 bits per heavy atom. The number of benzene rings is 2. The Morgan fingerprint density at radius 2 is 1.91 bits per heavy atom. The van der Waals surface area contributed by atoms with E-state index in [4.69, 9.17) is 13.9 Å². The van der Waals surface area contributed by atoms with Crippen LogP contribution in [0.2, 0.25) is 0 Å². The molecule has 0 aliphatic rings. The van der Waals surface area contributed by atoms with Gasteiger partial charge in [0.15, 0.2) is 0 Å². The highest BCUT2D eigenvalue weighted by Crippen LogP contribution is 2.27. The largest absolute Gasteiger partial charge is 0.493 e. The van der Waals surface area contributed by atoms with E-state index in [9.17, 15) is 9.59 Å². The number of carbonyl (C=O) groups excluding carboxylic acids is 1. The van der Waals surface area contributed by atoms with Crippen molar-refractivity contribution in [2.45, 2.75) is 46.5 Å². The number of hydrogen-bond donors (Lipinski definition) is 0. The summed E-state index contributed by atoms with van der Waals surface area (Å²) in [4.78, 5) is 23.9. The van der Waals surface area contributed by atoms with Gasteiger partial charge < -0.3 is 13.9 Å². The van der Waals surface area contributed by atoms with Crippen molar-refractivity contribution in [2.75, 3.05) is 13.2 Å². The summed E-state index contributed by atoms with van der Waals surface area (Å²) in [5.41, 5.74) is 3.93. The van der Waals surface area contributed by atoms with Crippen molar-refractivity contribution >= 4 is 16.9 Å². The summed E-state index contributed by atoms with van der Waals surface area (Å²) in [6, 6.07) is 13.6. The molecule has 33 heavy (non-hydrogen) atoms. The molecule has 3 aromatic rings. The minimum Gasteiger partial charge on any atom is -0.493 e. The van der Waals surface area contributed by atoms with Crippen molar-refractivity contribution in [3.05, 3.63) is 76.7 Å². The monoisotopic (exact) mass is 448 g/mol. The Balaban J connectivity index is 1.74. The number of hydrogen-bond acceptors (Lipinski definition) is 5. The lowest BCUT2D eigenvalue weighted by Gasteiger charge is -2.13. The van der Waals surface area contributed by atoms with Crippen LogP contribution in [0.3, 0.4) is 0 Å². The van der Waals surface area contributed by atoms with Gasteiger partial charge in [0, 0.05) is 23.4 Å². The number of esters is 1. The molecule has 2 aromatic carbocycles. The van der Waals surface area contributed by atoms with Crippen LogP contribution in [0.4, 0.5) is 0 Å². The van der Waals surface area contributed by atoms with Gasteiger partial charge in [-0.05, 0) is 54.7 Å². The Hall–Kier alpha value is -3.34. The maximum atomic E-state index is 12.8. The zero-order valence-corrected chi connectivity index (χ0v) is 19.7. The predicted octanol–water partition coefficient (Wildman–Crippen LogP) is 6.25. The minimum absolute atomic E-state index is 0.00639. The zero-order chi connectivity index (χ0) is 23.8. The van der Waals surface area contributed by atoms with Gasteiger partial charge in [0.25, 0.3) is 0 Å². The van der Waals surface area contributed by atoms with Gasteiger partial charge in [-0.1, -0.05) is 51.5 Å². The molecule has 0 radical (unpaired) electrons. The Bertz CT molecular complexity index is 1170. The number of aryl methyl sites for hydroxylation is 2. The molecule has 0 aliphatic carbocycles. The topological polar surface area (TPSA) is 65.7 Å². The molecule has 0 aliphatic heterocycles. The standard InChI is InChI=1S/C28H32O5/c1-5-7-8-9-21-10-13-24(20(4)14-21)25-15-22-11-12-23(16-26(22)33-28(25)30)31-17-19(3)18-32-27(29)6-2/h6,10-16,19H,2,5,7-9,17-18H2,1,3-4H3. The molecule has 0 spiro atoms. The van der Waals surface area contributed by atoms with Crippen molar-refractivity contribution in [3.63, 3.8) is 0 Å². The smallest absolute Gasteiger partial charge is 0.344 e. The highest BCUT2D eigenvalue weighted by atomic mass is 16.5. The third kappa shape index (κ3) is 6.58. The van der Waals surface area contributed by atoms with Crippen LogP contribution in [0.5, 0.6) is 5.75 Å². The lowest BCUT2D eigenvalue weighted by Crippen LogP contribution is -2.16. The highest BCUT2D eigenvalue weighted by molar-refractivity contribution is 5.83. The first-order valence-electron chi connectivity index (χ1n) is 11.5. The summed E-state index contributed by atoms with van der Waals surface area (Å²) in [6.45, 7) is 10.1. The summed E-state index contributed by atoms with van der Waals surface area (Å²) in [5, 5.41) is 0.830. The molecule has 1 atom stereocenters.